The molecule has 0 saturated heterocycles. The van der Waals surface area contributed by atoms with Gasteiger partial charge in [-0.05, 0) is 180 Å². The van der Waals surface area contributed by atoms with Gasteiger partial charge in [0, 0.05) is 66.8 Å². The quantitative estimate of drug-likeness (QED) is 0.127. The summed E-state index contributed by atoms with van der Waals surface area (Å²) in [6.45, 7) is 21.2. The van der Waals surface area contributed by atoms with E-state index in [9.17, 15) is 0 Å². The molecular weight excluding hydrogens is 1170 g/mol. The molecule has 13 aromatic carbocycles. The molecule has 0 unspecified atom stereocenters. The van der Waals surface area contributed by atoms with Crippen LogP contribution in [0.3, 0.4) is 0 Å². The number of para-hydroxylation sites is 4. The maximum absolute atomic E-state index is 2.71. The van der Waals surface area contributed by atoms with E-state index in [-0.39, 0.29) is 23.0 Å². The van der Waals surface area contributed by atoms with Gasteiger partial charge in [-0.25, -0.2) is 0 Å². The largest absolute Gasteiger partial charge is 0.311 e. The number of anilines is 6. The highest BCUT2D eigenvalue weighted by Crippen LogP contribution is 2.53. The molecule has 2 aliphatic heterocycles. The van der Waals surface area contributed by atoms with Gasteiger partial charge in [-0.2, -0.15) is 0 Å². The second-order valence-electron chi connectivity index (χ2n) is 30.5. The van der Waals surface area contributed by atoms with Gasteiger partial charge in [0.2, 0.25) is 0 Å². The van der Waals surface area contributed by atoms with Crippen molar-refractivity contribution in [3.05, 3.63) is 308 Å². The molecule has 0 fully saturated rings. The Morgan fingerprint density at radius 2 is 0.588 bits per heavy atom. The zero-order valence-electron chi connectivity index (χ0n) is 57.0. The first-order chi connectivity index (χ1) is 47.0. The lowest BCUT2D eigenvalue weighted by Gasteiger charge is -2.46. The van der Waals surface area contributed by atoms with Gasteiger partial charge in [0.15, 0.2) is 0 Å². The number of hydrogen-bond donors (Lipinski definition) is 0. The number of rotatable bonds is 10. The fourth-order valence-corrected chi connectivity index (χ4v) is 16.1. The first-order valence-electron chi connectivity index (χ1n) is 34.6. The van der Waals surface area contributed by atoms with E-state index in [0.29, 0.717) is 0 Å². The van der Waals surface area contributed by atoms with Gasteiger partial charge < -0.3 is 18.9 Å². The first kappa shape index (κ1) is 59.8. The molecule has 0 atom stereocenters. The lowest BCUT2D eigenvalue weighted by molar-refractivity contribution is 0.411. The highest BCUT2D eigenvalue weighted by Gasteiger charge is 2.46. The van der Waals surface area contributed by atoms with Crippen LogP contribution in [-0.2, 0) is 18.3 Å². The first-order valence-corrected chi connectivity index (χ1v) is 34.6. The molecule has 17 rings (SSSR count). The number of hydrogen-bond acceptors (Lipinski definition) is 2. The highest BCUT2D eigenvalue weighted by atomic mass is 15.2. The Kier molecular flexibility index (Phi) is 14.1. The fourth-order valence-electron chi connectivity index (χ4n) is 16.1. The van der Waals surface area contributed by atoms with Crippen molar-refractivity contribution < 1.29 is 0 Å². The summed E-state index contributed by atoms with van der Waals surface area (Å²) >= 11 is 0. The minimum atomic E-state index is -0.295. The minimum absolute atomic E-state index is 0.00344. The zero-order chi connectivity index (χ0) is 66.1. The topological polar surface area (TPSA) is 16.3 Å². The third kappa shape index (κ3) is 10.3. The van der Waals surface area contributed by atoms with Crippen LogP contribution in [0.2, 0.25) is 0 Å². The van der Waals surface area contributed by atoms with Crippen LogP contribution in [0.15, 0.2) is 291 Å². The summed E-state index contributed by atoms with van der Waals surface area (Å²) in [7, 11) is 0. The molecular formula is C92H79BN4. The average molecular weight is 1250 g/mol. The summed E-state index contributed by atoms with van der Waals surface area (Å²) in [5.74, 6) is 0. The van der Waals surface area contributed by atoms with Crippen LogP contribution < -0.4 is 26.2 Å². The Balaban J connectivity index is 1.05. The summed E-state index contributed by atoms with van der Waals surface area (Å²) in [5, 5.41) is 4.96. The Labute approximate surface area is 571 Å². The lowest BCUT2D eigenvalue weighted by atomic mass is 9.33. The molecule has 5 heteroatoms. The van der Waals surface area contributed by atoms with Gasteiger partial charge >= 0.3 is 0 Å². The molecule has 0 bridgehead atoms. The molecule has 2 aliphatic rings. The Bertz CT molecular complexity index is 5140. The van der Waals surface area contributed by atoms with E-state index in [0.717, 1.165) is 47.0 Å². The molecule has 0 spiro atoms. The predicted octanol–water partition coefficient (Wildman–Crippen LogP) is 23.1. The van der Waals surface area contributed by atoms with Gasteiger partial charge in [-0.15, -0.1) is 0 Å². The summed E-state index contributed by atoms with van der Waals surface area (Å²) in [5.41, 5.74) is 30.9. The number of fused-ring (bicyclic) bond motifs is 10. The van der Waals surface area contributed by atoms with Crippen molar-refractivity contribution in [2.24, 2.45) is 10.8 Å². The van der Waals surface area contributed by atoms with E-state index < -0.39 is 0 Å². The summed E-state index contributed by atoms with van der Waals surface area (Å²) < 4.78 is 5.01. The van der Waals surface area contributed by atoms with Crippen LogP contribution in [0.4, 0.5) is 34.1 Å². The molecule has 0 aliphatic carbocycles. The highest BCUT2D eigenvalue weighted by molar-refractivity contribution is 7.00. The third-order valence-electron chi connectivity index (χ3n) is 20.3. The summed E-state index contributed by atoms with van der Waals surface area (Å²) in [4.78, 5) is 5.42. The van der Waals surface area contributed by atoms with E-state index in [2.05, 4.69) is 372 Å². The second-order valence-corrected chi connectivity index (χ2v) is 30.5. The van der Waals surface area contributed by atoms with E-state index in [4.69, 9.17) is 0 Å². The van der Waals surface area contributed by atoms with Crippen LogP contribution in [0.1, 0.15) is 79.0 Å². The van der Waals surface area contributed by atoms with E-state index in [1.165, 1.54) is 133 Å². The molecule has 0 N–H and O–H groups in total. The summed E-state index contributed by atoms with van der Waals surface area (Å²) in [6.07, 6.45) is 1.79. The number of aromatic nitrogens is 2. The fraction of sp³-hybridized carbons (Fsp3) is 0.152. The standard InChI is InChI=1S/C92H79BN4/c1-90(2,3)58-64-50-75(62-34-18-12-19-35-62)83(56-73(64)60-30-14-10-15-31-60)96-85-54-67(94-79-42-26-22-38-69(79)70-39-23-27-43-80(70)94)46-48-77(85)93-78-49-47-68(95-81-44-28-24-40-71(81)72-41-25-29-45-82(72)95)55-86(78)97(88-53-66(92(7,8)9)52-87(96)89(88)93)84-57-74(61-32-16-11-17-33-61)65(59-91(4,5)6)51-76(84)63-36-20-13-21-37-63/h10-57H,58-59H2,1-9H3. The van der Waals surface area contributed by atoms with E-state index in [1.807, 2.05) is 0 Å². The van der Waals surface area contributed by atoms with Crippen molar-refractivity contribution in [3.8, 4) is 55.9 Å². The molecule has 97 heavy (non-hydrogen) atoms. The maximum atomic E-state index is 2.71. The van der Waals surface area contributed by atoms with E-state index in [1.54, 1.807) is 0 Å². The Morgan fingerprint density at radius 1 is 0.278 bits per heavy atom. The van der Waals surface area contributed by atoms with Gasteiger partial charge in [-0.1, -0.05) is 269 Å². The average Bonchev–Trinajstić information content (AvgIpc) is 1.31. The van der Waals surface area contributed by atoms with Crippen molar-refractivity contribution in [1.29, 1.82) is 0 Å². The summed E-state index contributed by atoms with van der Waals surface area (Å²) in [6, 6.07) is 111. The predicted molar refractivity (Wildman–Crippen MR) is 416 cm³/mol. The van der Waals surface area contributed by atoms with E-state index >= 15 is 0 Å². The van der Waals surface area contributed by atoms with Crippen LogP contribution in [0, 0.1) is 10.8 Å². The van der Waals surface area contributed by atoms with Crippen molar-refractivity contribution in [2.75, 3.05) is 9.80 Å². The maximum Gasteiger partial charge on any atom is 0.252 e. The van der Waals surface area contributed by atoms with Crippen LogP contribution in [0.25, 0.3) is 99.5 Å². The molecule has 0 saturated carbocycles. The molecule has 0 amide bonds. The van der Waals surface area contributed by atoms with Crippen LogP contribution in [0.5, 0.6) is 0 Å². The monoisotopic (exact) mass is 1250 g/mol. The molecule has 4 heterocycles. The van der Waals surface area contributed by atoms with Gasteiger partial charge in [0.25, 0.3) is 6.71 Å². The van der Waals surface area contributed by atoms with Crippen molar-refractivity contribution in [1.82, 2.24) is 9.13 Å². The normalized spacial score (nSPS) is 13.0. The molecule has 0 radical (unpaired) electrons. The minimum Gasteiger partial charge on any atom is -0.311 e. The van der Waals surface area contributed by atoms with Crippen LogP contribution >= 0.6 is 0 Å². The molecule has 4 nitrogen and oxygen atoms in total. The lowest BCUT2D eigenvalue weighted by Crippen LogP contribution is -2.61. The number of nitrogens with zero attached hydrogens (tertiary/aromatic N) is 4. The van der Waals surface area contributed by atoms with Gasteiger partial charge in [-0.3, -0.25) is 0 Å². The molecule has 15 aromatic rings. The van der Waals surface area contributed by atoms with Crippen molar-refractivity contribution in [2.45, 2.75) is 80.6 Å². The smallest absolute Gasteiger partial charge is 0.252 e. The zero-order valence-corrected chi connectivity index (χ0v) is 57.0. The number of benzene rings is 13. The van der Waals surface area contributed by atoms with Crippen molar-refractivity contribution >= 4 is 101 Å². The molecule has 470 valence electrons. The Morgan fingerprint density at radius 3 is 0.907 bits per heavy atom. The second kappa shape index (κ2) is 22.9. The SMILES string of the molecule is CC(C)(C)Cc1cc(-c2ccccc2)c(N2c3cc(-n4c5ccccc5c5ccccc54)ccc3B3c4ccc(-n5c6ccccc6c6ccccc65)cc4N(c4cc(-c5ccccc5)c(CC(C)(C)C)cc4-c4ccccc4)c4cc(C(C)(C)C)cc2c43)cc1-c1ccccc1. The van der Waals surface area contributed by atoms with Gasteiger partial charge in [0.05, 0.1) is 33.4 Å². The third-order valence-corrected chi connectivity index (χ3v) is 20.3. The van der Waals surface area contributed by atoms with Gasteiger partial charge in [0.1, 0.15) is 0 Å². The van der Waals surface area contributed by atoms with Crippen molar-refractivity contribution in [3.63, 3.8) is 0 Å². The van der Waals surface area contributed by atoms with Crippen LogP contribution in [-0.4, -0.2) is 15.8 Å². The Hall–Kier alpha value is -10.9. The molecule has 2 aromatic heterocycles.